The largest absolute Gasteiger partial charge is 0.445 e. The van der Waals surface area contributed by atoms with Crippen molar-refractivity contribution in [3.05, 3.63) is 71.8 Å². The molecule has 0 aromatic heterocycles. The number of ether oxygens (including phenoxy) is 2. The van der Waals surface area contributed by atoms with E-state index in [1.165, 1.54) is 0 Å². The van der Waals surface area contributed by atoms with Gasteiger partial charge < -0.3 is 30.3 Å². The summed E-state index contributed by atoms with van der Waals surface area (Å²) in [4.78, 5) is 24.9. The number of alkyl carbamates (subject to hydrolysis) is 2. The highest BCUT2D eigenvalue weighted by Crippen LogP contribution is 2.18. The van der Waals surface area contributed by atoms with Gasteiger partial charge in [-0.3, -0.25) is 0 Å². The van der Waals surface area contributed by atoms with Crippen molar-refractivity contribution in [1.29, 1.82) is 0 Å². The zero-order valence-electron chi connectivity index (χ0n) is 21.6. The minimum Gasteiger partial charge on any atom is -0.445 e. The lowest BCUT2D eigenvalue weighted by Gasteiger charge is -2.33. The van der Waals surface area contributed by atoms with Gasteiger partial charge in [0.25, 0.3) is 0 Å². The fraction of sp³-hybridized carbons (Fsp3) is 0.500. The van der Waals surface area contributed by atoms with Crippen LogP contribution in [0.4, 0.5) is 9.59 Å². The lowest BCUT2D eigenvalue weighted by atomic mass is 9.89. The monoisotopic (exact) mass is 500 g/mol. The number of carbonyl (C=O) groups excluding carboxylic acids is 2. The molecule has 4 N–H and O–H groups in total. The molecule has 0 saturated carbocycles. The van der Waals surface area contributed by atoms with E-state index in [1.54, 1.807) is 0 Å². The molecular formula is C28H40N2O6. The minimum atomic E-state index is -1.34. The summed E-state index contributed by atoms with van der Waals surface area (Å²) in [5.41, 5.74) is 1.67. The third kappa shape index (κ3) is 10.7. The number of nitrogens with one attached hydrogen (secondary N) is 2. The first kappa shape index (κ1) is 29.1. The van der Waals surface area contributed by atoms with Gasteiger partial charge in [0.2, 0.25) is 0 Å². The highest BCUT2D eigenvalue weighted by Gasteiger charge is 2.35. The topological polar surface area (TPSA) is 117 Å². The molecule has 0 saturated heterocycles. The maximum atomic E-state index is 12.5. The Hall–Kier alpha value is -3.10. The van der Waals surface area contributed by atoms with Gasteiger partial charge >= 0.3 is 12.2 Å². The van der Waals surface area contributed by atoms with Crippen LogP contribution < -0.4 is 10.6 Å². The van der Waals surface area contributed by atoms with E-state index < -0.39 is 36.5 Å². The molecule has 2 rings (SSSR count). The Kier molecular flexibility index (Phi) is 12.2. The summed E-state index contributed by atoms with van der Waals surface area (Å²) in [5.74, 6) is 0.247. The second-order valence-corrected chi connectivity index (χ2v) is 9.87. The summed E-state index contributed by atoms with van der Waals surface area (Å²) in [6.45, 7) is 7.98. The molecule has 36 heavy (non-hydrogen) atoms. The zero-order chi connectivity index (χ0) is 26.5. The number of hydrogen-bond acceptors (Lipinski definition) is 6. The van der Waals surface area contributed by atoms with Crippen molar-refractivity contribution in [2.24, 2.45) is 11.8 Å². The Morgan fingerprint density at radius 3 is 1.31 bits per heavy atom. The van der Waals surface area contributed by atoms with Crippen LogP contribution in [0.5, 0.6) is 0 Å². The van der Waals surface area contributed by atoms with Crippen LogP contribution in [0.15, 0.2) is 60.7 Å². The molecule has 198 valence electrons. The zero-order valence-corrected chi connectivity index (χ0v) is 21.6. The molecule has 0 aliphatic carbocycles. The molecule has 0 aliphatic heterocycles. The molecule has 2 aromatic rings. The number of amides is 2. The Morgan fingerprint density at radius 1 is 0.667 bits per heavy atom. The van der Waals surface area contributed by atoms with Crippen LogP contribution in [-0.4, -0.2) is 46.7 Å². The first-order valence-electron chi connectivity index (χ1n) is 12.5. The summed E-state index contributed by atoms with van der Waals surface area (Å²) in [7, 11) is 0. The number of carbonyl (C=O) groups is 2. The van der Waals surface area contributed by atoms with Gasteiger partial charge in [-0.05, 0) is 35.8 Å². The van der Waals surface area contributed by atoms with Gasteiger partial charge in [-0.25, -0.2) is 9.59 Å². The Balaban J connectivity index is 2.01. The van der Waals surface area contributed by atoms with Gasteiger partial charge in [0, 0.05) is 0 Å². The predicted molar refractivity (Wildman–Crippen MR) is 138 cm³/mol. The molecule has 0 bridgehead atoms. The lowest BCUT2D eigenvalue weighted by Crippen LogP contribution is -2.56. The Morgan fingerprint density at radius 2 is 1.00 bits per heavy atom. The molecule has 0 fully saturated rings. The Bertz CT molecular complexity index is 831. The molecule has 2 aromatic carbocycles. The average Bonchev–Trinajstić information content (AvgIpc) is 2.85. The SMILES string of the molecule is CC(C)C[C@H](NC(=O)OCc1ccccc1)[C@@H](O)[C@H](O)[C@H](CC(C)C)NC(=O)OCc1ccccc1. The number of hydrogen-bond donors (Lipinski definition) is 4. The van der Waals surface area contributed by atoms with Gasteiger partial charge in [0.1, 0.15) is 25.4 Å². The smallest absolute Gasteiger partial charge is 0.407 e. The van der Waals surface area contributed by atoms with Gasteiger partial charge in [-0.1, -0.05) is 88.4 Å². The van der Waals surface area contributed by atoms with Crippen LogP contribution in [0.3, 0.4) is 0 Å². The summed E-state index contributed by atoms with van der Waals surface area (Å²) in [6.07, 6.45) is -3.24. The van der Waals surface area contributed by atoms with E-state index in [2.05, 4.69) is 10.6 Å². The van der Waals surface area contributed by atoms with Crippen molar-refractivity contribution < 1.29 is 29.3 Å². The fourth-order valence-corrected chi connectivity index (χ4v) is 3.89. The molecule has 0 unspecified atom stereocenters. The molecule has 0 aliphatic rings. The van der Waals surface area contributed by atoms with E-state index in [0.717, 1.165) is 11.1 Å². The van der Waals surface area contributed by atoms with E-state index in [-0.39, 0.29) is 25.0 Å². The van der Waals surface area contributed by atoms with E-state index in [1.807, 2.05) is 88.4 Å². The van der Waals surface area contributed by atoms with Crippen LogP contribution >= 0.6 is 0 Å². The molecular weight excluding hydrogens is 460 g/mol. The van der Waals surface area contributed by atoms with Gasteiger partial charge in [-0.2, -0.15) is 0 Å². The second-order valence-electron chi connectivity index (χ2n) is 9.87. The highest BCUT2D eigenvalue weighted by atomic mass is 16.6. The van der Waals surface area contributed by atoms with Crippen molar-refractivity contribution in [3.63, 3.8) is 0 Å². The summed E-state index contributed by atoms with van der Waals surface area (Å²) in [5, 5.41) is 27.5. The maximum absolute atomic E-state index is 12.5. The molecule has 0 spiro atoms. The third-order valence-electron chi connectivity index (χ3n) is 5.66. The van der Waals surface area contributed by atoms with Crippen LogP contribution in [0.25, 0.3) is 0 Å². The van der Waals surface area contributed by atoms with E-state index in [4.69, 9.17) is 9.47 Å². The van der Waals surface area contributed by atoms with Crippen molar-refractivity contribution in [2.75, 3.05) is 0 Å². The van der Waals surface area contributed by atoms with E-state index in [9.17, 15) is 19.8 Å². The summed E-state index contributed by atoms with van der Waals surface area (Å²) in [6, 6.07) is 17.0. The number of aliphatic hydroxyl groups excluding tert-OH is 2. The highest BCUT2D eigenvalue weighted by molar-refractivity contribution is 5.68. The second kappa shape index (κ2) is 15.1. The summed E-state index contributed by atoms with van der Waals surface area (Å²) >= 11 is 0. The number of benzene rings is 2. The Labute approximate surface area is 214 Å². The van der Waals surface area contributed by atoms with Crippen LogP contribution in [0.1, 0.15) is 51.7 Å². The summed E-state index contributed by atoms with van der Waals surface area (Å²) < 4.78 is 10.6. The van der Waals surface area contributed by atoms with Crippen molar-refractivity contribution in [2.45, 2.75) is 78.0 Å². The number of aliphatic hydroxyl groups is 2. The van der Waals surface area contributed by atoms with Crippen LogP contribution in [0.2, 0.25) is 0 Å². The fourth-order valence-electron chi connectivity index (χ4n) is 3.89. The molecule has 2 amide bonds. The van der Waals surface area contributed by atoms with Crippen molar-refractivity contribution in [1.82, 2.24) is 10.6 Å². The normalized spacial score (nSPS) is 14.6. The standard InChI is InChI=1S/C28H40N2O6/c1-19(2)15-23(29-27(33)35-17-21-11-7-5-8-12-21)25(31)26(32)24(16-20(3)4)30-28(34)36-18-22-13-9-6-10-14-22/h5-14,19-20,23-26,31-32H,15-18H2,1-4H3,(H,29,33)(H,30,34)/t23-,24-,25+,26+/m0/s1. The van der Waals surface area contributed by atoms with Gasteiger partial charge in [0.15, 0.2) is 0 Å². The molecule has 0 radical (unpaired) electrons. The molecule has 8 heteroatoms. The van der Waals surface area contributed by atoms with E-state index in [0.29, 0.717) is 12.8 Å². The first-order valence-corrected chi connectivity index (χ1v) is 12.5. The maximum Gasteiger partial charge on any atom is 0.407 e. The lowest BCUT2D eigenvalue weighted by molar-refractivity contribution is -0.0309. The molecule has 0 heterocycles. The van der Waals surface area contributed by atoms with E-state index >= 15 is 0 Å². The third-order valence-corrected chi connectivity index (χ3v) is 5.66. The molecule has 4 atom stereocenters. The number of rotatable bonds is 13. The predicted octanol–water partition coefficient (Wildman–Crippen LogP) is 4.39. The van der Waals surface area contributed by atoms with Crippen molar-refractivity contribution >= 4 is 12.2 Å². The van der Waals surface area contributed by atoms with Crippen LogP contribution in [-0.2, 0) is 22.7 Å². The first-order chi connectivity index (χ1) is 17.2. The van der Waals surface area contributed by atoms with Crippen LogP contribution in [0, 0.1) is 11.8 Å². The van der Waals surface area contributed by atoms with Gasteiger partial charge in [0.05, 0.1) is 12.1 Å². The average molecular weight is 501 g/mol. The van der Waals surface area contributed by atoms with Gasteiger partial charge in [-0.15, -0.1) is 0 Å². The molecule has 8 nitrogen and oxygen atoms in total. The van der Waals surface area contributed by atoms with Crippen molar-refractivity contribution in [3.8, 4) is 0 Å². The minimum absolute atomic E-state index is 0.0878. The quantitative estimate of drug-likeness (QED) is 0.324.